The van der Waals surface area contributed by atoms with Crippen molar-refractivity contribution in [1.29, 1.82) is 0 Å². The van der Waals surface area contributed by atoms with E-state index < -0.39 is 28.6 Å². The summed E-state index contributed by atoms with van der Waals surface area (Å²) in [7, 11) is 0. The maximum Gasteiger partial charge on any atom is 0.349 e. The zero-order valence-electron chi connectivity index (χ0n) is 19.3. The van der Waals surface area contributed by atoms with Gasteiger partial charge in [0.1, 0.15) is 16.9 Å². The molecule has 2 unspecified atom stereocenters. The van der Waals surface area contributed by atoms with Gasteiger partial charge in [-0.05, 0) is 42.5 Å². The molecule has 35 heavy (non-hydrogen) atoms. The van der Waals surface area contributed by atoms with E-state index in [2.05, 4.69) is 5.32 Å². The second kappa shape index (κ2) is 7.26. The molecule has 1 saturated carbocycles. The van der Waals surface area contributed by atoms with Crippen molar-refractivity contribution in [2.24, 2.45) is 0 Å². The van der Waals surface area contributed by atoms with Gasteiger partial charge in [0.2, 0.25) is 5.54 Å². The molecule has 1 fully saturated rings. The van der Waals surface area contributed by atoms with Crippen LogP contribution in [0.5, 0.6) is 5.75 Å². The molecule has 3 aromatic rings. The van der Waals surface area contributed by atoms with E-state index in [9.17, 15) is 19.5 Å². The van der Waals surface area contributed by atoms with E-state index in [1.165, 1.54) is 6.07 Å². The zero-order valence-corrected chi connectivity index (χ0v) is 19.3. The third-order valence-electron chi connectivity index (χ3n) is 7.13. The number of carbonyl (C=O) groups is 2. The monoisotopic (exact) mass is 469 g/mol. The number of allylic oxidation sites excluding steroid dienone is 2. The van der Waals surface area contributed by atoms with E-state index in [0.717, 1.165) is 5.56 Å². The first-order chi connectivity index (χ1) is 16.8. The Morgan fingerprint density at radius 1 is 1.06 bits per heavy atom. The largest absolute Gasteiger partial charge is 0.454 e. The summed E-state index contributed by atoms with van der Waals surface area (Å²) in [6.07, 6.45) is 4.81. The van der Waals surface area contributed by atoms with Crippen LogP contribution in [0.2, 0.25) is 0 Å². The molecule has 0 saturated heterocycles. The van der Waals surface area contributed by atoms with Gasteiger partial charge >= 0.3 is 5.63 Å². The van der Waals surface area contributed by atoms with Crippen molar-refractivity contribution in [3.8, 4) is 5.75 Å². The van der Waals surface area contributed by atoms with Crippen molar-refractivity contribution >= 4 is 22.7 Å². The molecule has 1 aliphatic heterocycles. The Labute approximate surface area is 200 Å². The van der Waals surface area contributed by atoms with Gasteiger partial charge in [0.05, 0.1) is 0 Å². The minimum absolute atomic E-state index is 0.187. The van der Waals surface area contributed by atoms with E-state index in [1.54, 1.807) is 48.6 Å². The molecule has 7 nitrogen and oxygen atoms in total. The average Bonchev–Trinajstić information content (AvgIpc) is 3.20. The van der Waals surface area contributed by atoms with Crippen molar-refractivity contribution in [3.05, 3.63) is 98.9 Å². The molecule has 0 bridgehead atoms. The van der Waals surface area contributed by atoms with Crippen molar-refractivity contribution in [2.75, 3.05) is 0 Å². The highest BCUT2D eigenvalue weighted by Crippen LogP contribution is 2.58. The van der Waals surface area contributed by atoms with Gasteiger partial charge in [0.15, 0.2) is 5.78 Å². The van der Waals surface area contributed by atoms with E-state index in [-0.39, 0.29) is 11.5 Å². The van der Waals surface area contributed by atoms with Gasteiger partial charge in [0, 0.05) is 22.1 Å². The molecule has 0 spiro atoms. The molecule has 2 atom stereocenters. The molecule has 0 radical (unpaired) electrons. The third kappa shape index (κ3) is 2.79. The molecule has 176 valence electrons. The molecule has 6 rings (SSSR count). The maximum absolute atomic E-state index is 13.9. The number of ketones is 1. The first-order valence-electron chi connectivity index (χ1n) is 11.6. The van der Waals surface area contributed by atoms with E-state index in [4.69, 9.17) is 9.15 Å². The number of carbonyl (C=O) groups excluding carboxylic acids is 2. The first kappa shape index (κ1) is 21.6. The second-order valence-corrected chi connectivity index (χ2v) is 9.49. The SMILES string of the molecule is CC(C)c1ccc2c(c1)OC1(O)C3=CCCC=C3C(=O)C21NC(=O)c1cc2ccccc2oc1=O. The van der Waals surface area contributed by atoms with Gasteiger partial charge in [0.25, 0.3) is 11.7 Å². The van der Waals surface area contributed by atoms with Crippen LogP contribution >= 0.6 is 0 Å². The summed E-state index contributed by atoms with van der Waals surface area (Å²) in [6.45, 7) is 4.05. The molecule has 1 aromatic heterocycles. The number of para-hydroxylation sites is 1. The topological polar surface area (TPSA) is 106 Å². The van der Waals surface area contributed by atoms with Crippen LogP contribution in [0.1, 0.15) is 54.1 Å². The Morgan fingerprint density at radius 2 is 1.83 bits per heavy atom. The molecule has 2 aliphatic carbocycles. The first-order valence-corrected chi connectivity index (χ1v) is 11.6. The predicted molar refractivity (Wildman–Crippen MR) is 128 cm³/mol. The van der Waals surface area contributed by atoms with Gasteiger partial charge in [-0.2, -0.15) is 0 Å². The summed E-state index contributed by atoms with van der Waals surface area (Å²) in [5.74, 6) is -2.93. The lowest BCUT2D eigenvalue weighted by atomic mass is 9.82. The Hall–Kier alpha value is -3.97. The molecule has 7 heteroatoms. The minimum Gasteiger partial charge on any atom is -0.454 e. The van der Waals surface area contributed by atoms with Crippen LogP contribution in [0.4, 0.5) is 0 Å². The number of fused-ring (bicyclic) bond motifs is 6. The molecular formula is C28H23NO6. The summed E-state index contributed by atoms with van der Waals surface area (Å²) in [4.78, 5) is 40.2. The number of amides is 1. The van der Waals surface area contributed by atoms with Gasteiger partial charge in [-0.1, -0.05) is 56.3 Å². The van der Waals surface area contributed by atoms with Crippen molar-refractivity contribution in [3.63, 3.8) is 0 Å². The summed E-state index contributed by atoms with van der Waals surface area (Å²) < 4.78 is 11.4. The van der Waals surface area contributed by atoms with Crippen molar-refractivity contribution in [1.82, 2.24) is 5.32 Å². The number of nitrogens with one attached hydrogen (secondary N) is 1. The van der Waals surface area contributed by atoms with Crippen LogP contribution < -0.4 is 15.7 Å². The second-order valence-electron chi connectivity index (χ2n) is 9.49. The maximum atomic E-state index is 13.9. The quantitative estimate of drug-likeness (QED) is 0.565. The number of ether oxygens (including phenoxy) is 1. The Kier molecular flexibility index (Phi) is 4.47. The Bertz CT molecular complexity index is 1560. The lowest BCUT2D eigenvalue weighted by Gasteiger charge is -2.34. The summed E-state index contributed by atoms with van der Waals surface area (Å²) in [6, 6.07) is 13.6. The summed E-state index contributed by atoms with van der Waals surface area (Å²) >= 11 is 0. The lowest BCUT2D eigenvalue weighted by molar-refractivity contribution is -0.152. The highest BCUT2D eigenvalue weighted by atomic mass is 16.6. The van der Waals surface area contributed by atoms with Crippen LogP contribution in [-0.4, -0.2) is 22.6 Å². The number of aliphatic hydroxyl groups is 1. The van der Waals surface area contributed by atoms with Gasteiger partial charge in [-0.3, -0.25) is 9.59 Å². The minimum atomic E-state index is -2.14. The number of Topliss-reactive ketones (excluding diaryl/α,β-unsaturated/α-hetero) is 1. The number of hydrogen-bond donors (Lipinski definition) is 2. The molecule has 3 aliphatic rings. The van der Waals surface area contributed by atoms with Gasteiger partial charge in [-0.25, -0.2) is 4.79 Å². The normalized spacial score (nSPS) is 24.4. The standard InChI is InChI=1S/C28H23NO6/c1-15(2)16-11-12-21-23(14-16)35-28(33)20-9-5-4-8-18(20)24(30)27(21,28)29-25(31)19-13-17-7-3-6-10-22(17)34-26(19)32/h3,6-15,33H,4-5H2,1-2H3,(H,29,31). The van der Waals surface area contributed by atoms with Crippen molar-refractivity contribution < 1.29 is 23.8 Å². The van der Waals surface area contributed by atoms with Crippen LogP contribution in [-0.2, 0) is 10.3 Å². The van der Waals surface area contributed by atoms with Crippen LogP contribution in [0.15, 0.2) is 81.0 Å². The Morgan fingerprint density at radius 3 is 2.63 bits per heavy atom. The lowest BCUT2D eigenvalue weighted by Crippen LogP contribution is -2.62. The van der Waals surface area contributed by atoms with E-state index in [1.807, 2.05) is 19.9 Å². The number of benzene rings is 2. The van der Waals surface area contributed by atoms with Crippen LogP contribution in [0, 0.1) is 0 Å². The summed E-state index contributed by atoms with van der Waals surface area (Å²) in [5, 5.41) is 15.3. The predicted octanol–water partition coefficient (Wildman–Crippen LogP) is 3.85. The van der Waals surface area contributed by atoms with Crippen molar-refractivity contribution in [2.45, 2.75) is 43.9 Å². The van der Waals surface area contributed by atoms with Gasteiger partial charge < -0.3 is 19.6 Å². The zero-order chi connectivity index (χ0) is 24.5. The highest BCUT2D eigenvalue weighted by molar-refractivity contribution is 6.16. The molecule has 2 aromatic carbocycles. The fourth-order valence-electron chi connectivity index (χ4n) is 5.32. The van der Waals surface area contributed by atoms with Crippen LogP contribution in [0.25, 0.3) is 11.0 Å². The fraction of sp³-hybridized carbons (Fsp3) is 0.250. The third-order valence-corrected chi connectivity index (χ3v) is 7.13. The Balaban J connectivity index is 1.54. The van der Waals surface area contributed by atoms with E-state index >= 15 is 0 Å². The number of rotatable bonds is 3. The smallest absolute Gasteiger partial charge is 0.349 e. The number of hydrogen-bond acceptors (Lipinski definition) is 6. The molecule has 2 heterocycles. The van der Waals surface area contributed by atoms with Crippen LogP contribution in [0.3, 0.4) is 0 Å². The van der Waals surface area contributed by atoms with Gasteiger partial charge in [-0.15, -0.1) is 0 Å². The molecule has 1 amide bonds. The molecule has 2 N–H and O–H groups in total. The average molecular weight is 469 g/mol. The van der Waals surface area contributed by atoms with E-state index in [0.29, 0.717) is 46.3 Å². The fourth-order valence-corrected chi connectivity index (χ4v) is 5.32. The highest BCUT2D eigenvalue weighted by Gasteiger charge is 2.73. The summed E-state index contributed by atoms with van der Waals surface area (Å²) in [5.41, 5.74) is -0.721. The molecular weight excluding hydrogens is 446 g/mol.